The minimum absolute atomic E-state index is 0.0730. The topological polar surface area (TPSA) is 53.9 Å². The minimum atomic E-state index is -0.987. The van der Waals surface area contributed by atoms with Crippen LogP contribution in [0.2, 0.25) is 0 Å². The zero-order chi connectivity index (χ0) is 27.2. The number of ether oxygens (including phenoxy) is 1. The Morgan fingerprint density at radius 2 is 1.82 bits per heavy atom. The van der Waals surface area contributed by atoms with Crippen LogP contribution < -0.4 is 5.32 Å². The van der Waals surface area contributed by atoms with Crippen LogP contribution in [0.25, 0.3) is 0 Å². The van der Waals surface area contributed by atoms with Crippen molar-refractivity contribution in [2.75, 3.05) is 6.54 Å². The van der Waals surface area contributed by atoms with Crippen molar-refractivity contribution in [1.29, 1.82) is 0 Å². The maximum atomic E-state index is 11.7. The molecule has 4 aliphatic carbocycles. The zero-order valence-electron chi connectivity index (χ0n) is 24.4. The number of rotatable bonds is 2. The van der Waals surface area contributed by atoms with Crippen molar-refractivity contribution in [1.82, 2.24) is 5.32 Å². The number of aliphatic hydroxyl groups is 1. The van der Waals surface area contributed by atoms with E-state index in [2.05, 4.69) is 79.4 Å². The van der Waals surface area contributed by atoms with Crippen molar-refractivity contribution in [2.45, 2.75) is 109 Å². The van der Waals surface area contributed by atoms with Gasteiger partial charge in [-0.3, -0.25) is 4.99 Å². The maximum Gasteiger partial charge on any atom is 0.181 e. The second-order valence-electron chi connectivity index (χ2n) is 15.2. The average molecular weight is 598 g/mol. The summed E-state index contributed by atoms with van der Waals surface area (Å²) in [6.45, 7) is 10.9. The van der Waals surface area contributed by atoms with Crippen LogP contribution in [0.5, 0.6) is 0 Å². The van der Waals surface area contributed by atoms with Gasteiger partial charge in [-0.1, -0.05) is 61.8 Å². The molecule has 0 spiro atoms. The van der Waals surface area contributed by atoms with Crippen LogP contribution in [-0.2, 0) is 4.74 Å². The van der Waals surface area contributed by atoms with Gasteiger partial charge in [0.15, 0.2) is 5.79 Å². The highest BCUT2D eigenvalue weighted by molar-refractivity contribution is 9.10. The molecule has 13 atom stereocenters. The highest BCUT2D eigenvalue weighted by atomic mass is 79.9. The first-order valence-corrected chi connectivity index (χ1v) is 16.8. The Kier molecular flexibility index (Phi) is 6.70. The lowest BCUT2D eigenvalue weighted by Crippen LogP contribution is -2.68. The molecule has 39 heavy (non-hydrogen) atoms. The summed E-state index contributed by atoms with van der Waals surface area (Å²) in [5, 5.41) is 15.4. The van der Waals surface area contributed by atoms with Crippen molar-refractivity contribution in [3.63, 3.8) is 0 Å². The third kappa shape index (κ3) is 4.18. The molecule has 6 fully saturated rings. The monoisotopic (exact) mass is 596 g/mol. The molecule has 4 saturated carbocycles. The first-order chi connectivity index (χ1) is 18.6. The summed E-state index contributed by atoms with van der Waals surface area (Å²) in [5.41, 5.74) is 1.98. The predicted molar refractivity (Wildman–Crippen MR) is 161 cm³/mol. The third-order valence-electron chi connectivity index (χ3n) is 13.3. The molecule has 214 valence electrons. The number of halogens is 1. The second-order valence-corrected chi connectivity index (χ2v) is 16.1. The molecule has 0 unspecified atom stereocenters. The highest BCUT2D eigenvalue weighted by Crippen LogP contribution is 2.70. The Hall–Kier alpha value is -0.750. The van der Waals surface area contributed by atoms with E-state index in [1.807, 2.05) is 0 Å². The van der Waals surface area contributed by atoms with E-state index in [9.17, 15) is 5.11 Å². The summed E-state index contributed by atoms with van der Waals surface area (Å²) in [6.07, 6.45) is 13.5. The van der Waals surface area contributed by atoms with Crippen molar-refractivity contribution in [2.24, 2.45) is 57.2 Å². The van der Waals surface area contributed by atoms with Crippen LogP contribution >= 0.6 is 15.9 Å². The van der Waals surface area contributed by atoms with Gasteiger partial charge < -0.3 is 15.2 Å². The number of hydrogen-bond donors (Lipinski definition) is 2. The number of piperidine rings is 1. The molecule has 6 aliphatic rings. The maximum absolute atomic E-state index is 11.7. The molecule has 4 nitrogen and oxygen atoms in total. The third-order valence-corrected chi connectivity index (χ3v) is 14.0. The minimum Gasteiger partial charge on any atom is -0.364 e. The quantitative estimate of drug-likeness (QED) is 0.354. The SMILES string of the molecule is C[C@H]1CN[C@@H]2[C@@H](C)[C@H]3[C@@H](C[C@H]4[C@@H]5CC[C@H]6C[C@@H](N=Cc7ccccc7Br)CC[C@]6(C)[C@H]5CC[C@]34C)O[C@@]2(O)C1. The van der Waals surface area contributed by atoms with Gasteiger partial charge in [-0.05, 0) is 116 Å². The van der Waals surface area contributed by atoms with Crippen LogP contribution in [0.4, 0.5) is 0 Å². The molecular weight excluding hydrogens is 548 g/mol. The first-order valence-electron chi connectivity index (χ1n) is 16.0. The first kappa shape index (κ1) is 27.1. The summed E-state index contributed by atoms with van der Waals surface area (Å²) >= 11 is 3.68. The van der Waals surface area contributed by atoms with Gasteiger partial charge in [-0.15, -0.1) is 0 Å². The van der Waals surface area contributed by atoms with E-state index in [0.717, 1.165) is 47.5 Å². The van der Waals surface area contributed by atoms with Crippen LogP contribution in [0.3, 0.4) is 0 Å². The summed E-state index contributed by atoms with van der Waals surface area (Å²) < 4.78 is 7.90. The van der Waals surface area contributed by atoms with Crippen molar-refractivity contribution < 1.29 is 9.84 Å². The standard InChI is InChI=1S/C34H49BrN2O2/c1-20-17-34(38)31(37-18-20)21(2)30-29(39-34)16-27-25-10-9-23-15-24(36-19-22-7-5-6-8-28(22)35)11-13-32(23,3)26(25)12-14-33(27,30)4/h5-8,19-21,23-27,29-31,37-38H,9-18H2,1-4H3/t20-,21+,23+,24+,25-,26+,27+,29-,30+,31-,32+,33+,34+/m1/s1. The van der Waals surface area contributed by atoms with E-state index in [1.54, 1.807) is 0 Å². The Bertz CT molecular complexity index is 1130. The van der Waals surface area contributed by atoms with Gasteiger partial charge in [0, 0.05) is 22.7 Å². The van der Waals surface area contributed by atoms with Crippen LogP contribution in [0.15, 0.2) is 33.7 Å². The molecule has 1 aromatic carbocycles. The van der Waals surface area contributed by atoms with Gasteiger partial charge in [0.25, 0.3) is 0 Å². The molecule has 2 saturated heterocycles. The van der Waals surface area contributed by atoms with Crippen LogP contribution in [0, 0.1) is 52.3 Å². The van der Waals surface area contributed by atoms with E-state index < -0.39 is 5.79 Å². The molecule has 5 heteroatoms. The van der Waals surface area contributed by atoms with Crippen molar-refractivity contribution >= 4 is 22.1 Å². The number of nitrogens with one attached hydrogen (secondary N) is 1. The number of nitrogens with zero attached hydrogens (tertiary/aromatic N) is 1. The Labute approximate surface area is 244 Å². The Morgan fingerprint density at radius 3 is 2.64 bits per heavy atom. The van der Waals surface area contributed by atoms with E-state index in [4.69, 9.17) is 9.73 Å². The molecule has 7 rings (SSSR count). The number of aliphatic imine (C=N–C) groups is 1. The van der Waals surface area contributed by atoms with Gasteiger partial charge in [0.1, 0.15) is 0 Å². The predicted octanol–water partition coefficient (Wildman–Crippen LogP) is 7.23. The lowest BCUT2D eigenvalue weighted by molar-refractivity contribution is -0.310. The molecular formula is C34H49BrN2O2. The molecule has 1 aromatic rings. The highest BCUT2D eigenvalue weighted by Gasteiger charge is 2.67. The van der Waals surface area contributed by atoms with E-state index in [0.29, 0.717) is 34.6 Å². The van der Waals surface area contributed by atoms with E-state index >= 15 is 0 Å². The lowest BCUT2D eigenvalue weighted by atomic mass is 9.44. The van der Waals surface area contributed by atoms with E-state index in [-0.39, 0.29) is 12.1 Å². The zero-order valence-corrected chi connectivity index (χ0v) is 26.0. The second kappa shape index (κ2) is 9.64. The van der Waals surface area contributed by atoms with Crippen LogP contribution in [0.1, 0.15) is 91.0 Å². The molecule has 2 aliphatic heterocycles. The van der Waals surface area contributed by atoms with Crippen molar-refractivity contribution in [3.05, 3.63) is 34.3 Å². The smallest absolute Gasteiger partial charge is 0.181 e. The normalized spacial score (nSPS) is 52.9. The fourth-order valence-electron chi connectivity index (χ4n) is 11.6. The Balaban J connectivity index is 1.09. The Morgan fingerprint density at radius 1 is 1.03 bits per heavy atom. The largest absolute Gasteiger partial charge is 0.364 e. The summed E-state index contributed by atoms with van der Waals surface area (Å²) in [4.78, 5) is 5.11. The molecule has 0 amide bonds. The molecule has 2 N–H and O–H groups in total. The van der Waals surface area contributed by atoms with Gasteiger partial charge in [0.05, 0.1) is 18.2 Å². The molecule has 0 aromatic heterocycles. The molecule has 0 bridgehead atoms. The fraction of sp³-hybridized carbons (Fsp3) is 0.794. The number of hydrogen-bond acceptors (Lipinski definition) is 4. The van der Waals surface area contributed by atoms with Gasteiger partial charge in [-0.25, -0.2) is 0 Å². The number of benzene rings is 1. The summed E-state index contributed by atoms with van der Waals surface area (Å²) in [7, 11) is 0. The van der Waals surface area contributed by atoms with Gasteiger partial charge in [0.2, 0.25) is 0 Å². The van der Waals surface area contributed by atoms with Crippen molar-refractivity contribution in [3.8, 4) is 0 Å². The van der Waals surface area contributed by atoms with E-state index in [1.165, 1.54) is 50.5 Å². The van der Waals surface area contributed by atoms with Crippen LogP contribution in [-0.4, -0.2) is 41.8 Å². The van der Waals surface area contributed by atoms with Gasteiger partial charge >= 0.3 is 0 Å². The van der Waals surface area contributed by atoms with Gasteiger partial charge in [-0.2, -0.15) is 0 Å². The molecule has 0 radical (unpaired) electrons. The number of fused-ring (bicyclic) bond motifs is 8. The average Bonchev–Trinajstić information content (AvgIpc) is 3.19. The summed E-state index contributed by atoms with van der Waals surface area (Å²) in [6, 6.07) is 8.96. The molecule has 2 heterocycles. The fourth-order valence-corrected chi connectivity index (χ4v) is 12.0. The lowest BCUT2D eigenvalue weighted by Gasteiger charge is -2.62. The summed E-state index contributed by atoms with van der Waals surface area (Å²) in [5.74, 6) is 3.67.